The van der Waals surface area contributed by atoms with E-state index in [1.807, 2.05) is 33.9 Å². The van der Waals surface area contributed by atoms with E-state index < -0.39 is 0 Å². The van der Waals surface area contributed by atoms with Gasteiger partial charge in [-0.05, 0) is 53.4 Å². The molecule has 0 bridgehead atoms. The molecule has 5 nitrogen and oxygen atoms in total. The maximum atomic E-state index is 7.87. The van der Waals surface area contributed by atoms with E-state index in [-0.39, 0.29) is 11.5 Å². The first kappa shape index (κ1) is 18.0. The predicted molar refractivity (Wildman–Crippen MR) is 86.5 cm³/mol. The number of rotatable bonds is 6. The second kappa shape index (κ2) is 8.39. The standard InChI is InChI=1S/C16H31N3O2/c1-12(11-19-14-7-5-13(17)6-8-14)15(18)20-9-10-21-16(2,3)4/h11,13-14,18-19H,5-10,17H2,1-4H3/b12-11-,18-15?/t13-,14-. The summed E-state index contributed by atoms with van der Waals surface area (Å²) in [5.41, 5.74) is 6.53. The van der Waals surface area contributed by atoms with Crippen LogP contribution in [-0.4, -0.2) is 36.8 Å². The van der Waals surface area contributed by atoms with E-state index in [9.17, 15) is 0 Å². The van der Waals surface area contributed by atoms with E-state index in [1.54, 1.807) is 0 Å². The van der Waals surface area contributed by atoms with Gasteiger partial charge in [0.05, 0.1) is 12.2 Å². The van der Waals surface area contributed by atoms with Gasteiger partial charge in [-0.3, -0.25) is 5.41 Å². The van der Waals surface area contributed by atoms with E-state index in [0.717, 1.165) is 31.3 Å². The molecule has 1 saturated carbocycles. The van der Waals surface area contributed by atoms with E-state index >= 15 is 0 Å². The van der Waals surface area contributed by atoms with Gasteiger partial charge in [0.25, 0.3) is 0 Å². The largest absolute Gasteiger partial charge is 0.475 e. The van der Waals surface area contributed by atoms with E-state index in [4.69, 9.17) is 20.6 Å². The Hall–Kier alpha value is -1.07. The summed E-state index contributed by atoms with van der Waals surface area (Å²) in [4.78, 5) is 0. The molecular weight excluding hydrogens is 266 g/mol. The van der Waals surface area contributed by atoms with Gasteiger partial charge in [-0.1, -0.05) is 0 Å². The Bertz CT molecular complexity index is 353. The summed E-state index contributed by atoms with van der Waals surface area (Å²) in [7, 11) is 0. The minimum absolute atomic E-state index is 0.167. The topological polar surface area (TPSA) is 80.4 Å². The Morgan fingerprint density at radius 2 is 1.86 bits per heavy atom. The van der Waals surface area contributed by atoms with Crippen molar-refractivity contribution in [1.29, 1.82) is 5.41 Å². The van der Waals surface area contributed by atoms with Gasteiger partial charge < -0.3 is 20.5 Å². The van der Waals surface area contributed by atoms with Crippen molar-refractivity contribution in [3.63, 3.8) is 0 Å². The second-order valence-electron chi connectivity index (χ2n) is 6.74. The fourth-order valence-corrected chi connectivity index (χ4v) is 2.20. The lowest BCUT2D eigenvalue weighted by Crippen LogP contribution is -2.35. The molecule has 21 heavy (non-hydrogen) atoms. The molecule has 4 N–H and O–H groups in total. The van der Waals surface area contributed by atoms with Crippen molar-refractivity contribution in [3.8, 4) is 0 Å². The normalized spacial score (nSPS) is 23.8. The van der Waals surface area contributed by atoms with Crippen LogP contribution in [0.25, 0.3) is 0 Å². The highest BCUT2D eigenvalue weighted by Gasteiger charge is 2.17. The third-order valence-corrected chi connectivity index (χ3v) is 3.53. The van der Waals surface area contributed by atoms with Gasteiger partial charge in [-0.2, -0.15) is 0 Å². The maximum absolute atomic E-state index is 7.87. The molecule has 0 aromatic carbocycles. The highest BCUT2D eigenvalue weighted by molar-refractivity contribution is 5.90. The van der Waals surface area contributed by atoms with Crippen molar-refractivity contribution in [2.24, 2.45) is 5.73 Å². The molecule has 0 saturated heterocycles. The summed E-state index contributed by atoms with van der Waals surface area (Å²) in [5, 5.41) is 11.2. The molecule has 0 aliphatic heterocycles. The fraction of sp³-hybridized carbons (Fsp3) is 0.812. The zero-order valence-electron chi connectivity index (χ0n) is 13.9. The SMILES string of the molecule is C/C(=C/N[C@H]1CC[C@H](N)CC1)C(=N)OCCOC(C)(C)C. The first-order valence-electron chi connectivity index (χ1n) is 7.82. The quantitative estimate of drug-likeness (QED) is 0.400. The second-order valence-corrected chi connectivity index (χ2v) is 6.74. The number of nitrogens with one attached hydrogen (secondary N) is 2. The summed E-state index contributed by atoms with van der Waals surface area (Å²) in [6, 6.07) is 0.828. The van der Waals surface area contributed by atoms with Crippen molar-refractivity contribution in [1.82, 2.24) is 5.32 Å². The Kier molecular flexibility index (Phi) is 7.18. The van der Waals surface area contributed by atoms with Gasteiger partial charge >= 0.3 is 0 Å². The van der Waals surface area contributed by atoms with Gasteiger partial charge in [0, 0.05) is 23.9 Å². The zero-order valence-corrected chi connectivity index (χ0v) is 13.9. The lowest BCUT2D eigenvalue weighted by Gasteiger charge is -2.26. The maximum Gasteiger partial charge on any atom is 0.210 e. The molecule has 0 atom stereocenters. The molecule has 1 rings (SSSR count). The molecule has 1 aliphatic rings. The molecule has 1 aliphatic carbocycles. The third-order valence-electron chi connectivity index (χ3n) is 3.53. The van der Waals surface area contributed by atoms with Crippen LogP contribution in [0.3, 0.4) is 0 Å². The van der Waals surface area contributed by atoms with Crippen LogP contribution in [-0.2, 0) is 9.47 Å². The van der Waals surface area contributed by atoms with Crippen molar-refractivity contribution < 1.29 is 9.47 Å². The van der Waals surface area contributed by atoms with Crippen molar-refractivity contribution in [2.45, 2.75) is 71.1 Å². The van der Waals surface area contributed by atoms with Gasteiger partial charge in [-0.25, -0.2) is 0 Å². The number of hydrogen-bond donors (Lipinski definition) is 3. The van der Waals surface area contributed by atoms with Crippen LogP contribution < -0.4 is 11.1 Å². The Morgan fingerprint density at radius 1 is 1.24 bits per heavy atom. The van der Waals surface area contributed by atoms with Crippen LogP contribution in [0.1, 0.15) is 53.4 Å². The molecular formula is C16H31N3O2. The van der Waals surface area contributed by atoms with Crippen LogP contribution in [0, 0.1) is 5.41 Å². The third kappa shape index (κ3) is 8.07. The molecule has 5 heteroatoms. The summed E-state index contributed by atoms with van der Waals surface area (Å²) in [5.74, 6) is 0.201. The molecule has 122 valence electrons. The van der Waals surface area contributed by atoms with Crippen molar-refractivity contribution in [3.05, 3.63) is 11.8 Å². The van der Waals surface area contributed by atoms with Gasteiger partial charge in [0.15, 0.2) is 0 Å². The van der Waals surface area contributed by atoms with E-state index in [0.29, 0.717) is 25.3 Å². The average molecular weight is 297 g/mol. The van der Waals surface area contributed by atoms with Crippen LogP contribution in [0.5, 0.6) is 0 Å². The van der Waals surface area contributed by atoms with Gasteiger partial charge in [-0.15, -0.1) is 0 Å². The summed E-state index contributed by atoms with van der Waals surface area (Å²) < 4.78 is 10.9. The Labute approximate surface area is 128 Å². The van der Waals surface area contributed by atoms with Crippen LogP contribution >= 0.6 is 0 Å². The highest BCUT2D eigenvalue weighted by atomic mass is 16.5. The molecule has 0 radical (unpaired) electrons. The van der Waals surface area contributed by atoms with Crippen molar-refractivity contribution >= 4 is 5.90 Å². The molecule has 0 aromatic rings. The summed E-state index contributed by atoms with van der Waals surface area (Å²) in [6.45, 7) is 8.79. The Morgan fingerprint density at radius 3 is 2.43 bits per heavy atom. The number of ether oxygens (including phenoxy) is 2. The smallest absolute Gasteiger partial charge is 0.210 e. The molecule has 0 unspecified atom stereocenters. The summed E-state index contributed by atoms with van der Waals surface area (Å²) >= 11 is 0. The first-order valence-corrected chi connectivity index (χ1v) is 7.82. The molecule has 0 amide bonds. The Balaban J connectivity index is 2.22. The fourth-order valence-electron chi connectivity index (χ4n) is 2.20. The number of nitrogens with two attached hydrogens (primary N) is 1. The minimum atomic E-state index is -0.167. The zero-order chi connectivity index (χ0) is 15.9. The number of hydrogen-bond acceptors (Lipinski definition) is 5. The van der Waals surface area contributed by atoms with Gasteiger partial charge in [0.2, 0.25) is 5.90 Å². The minimum Gasteiger partial charge on any atom is -0.475 e. The van der Waals surface area contributed by atoms with Crippen LogP contribution in [0.15, 0.2) is 11.8 Å². The van der Waals surface area contributed by atoms with E-state index in [1.165, 1.54) is 0 Å². The molecule has 0 heterocycles. The molecule has 0 spiro atoms. The highest BCUT2D eigenvalue weighted by Crippen LogP contribution is 2.17. The molecule has 1 fully saturated rings. The van der Waals surface area contributed by atoms with Gasteiger partial charge in [0.1, 0.15) is 6.61 Å². The first-order chi connectivity index (χ1) is 9.78. The lowest BCUT2D eigenvalue weighted by atomic mass is 9.92. The van der Waals surface area contributed by atoms with Crippen molar-refractivity contribution in [2.75, 3.05) is 13.2 Å². The predicted octanol–water partition coefficient (Wildman–Crippen LogP) is 2.56. The molecule has 0 aromatic heterocycles. The lowest BCUT2D eigenvalue weighted by molar-refractivity contribution is -0.0179. The van der Waals surface area contributed by atoms with Crippen LogP contribution in [0.2, 0.25) is 0 Å². The average Bonchev–Trinajstić information content (AvgIpc) is 2.41. The van der Waals surface area contributed by atoms with E-state index in [2.05, 4.69) is 5.32 Å². The van der Waals surface area contributed by atoms with Crippen LogP contribution in [0.4, 0.5) is 0 Å². The monoisotopic (exact) mass is 297 g/mol. The summed E-state index contributed by atoms with van der Waals surface area (Å²) in [6.07, 6.45) is 6.22.